The number of aromatic nitrogens is 1. The summed E-state index contributed by atoms with van der Waals surface area (Å²) in [6, 6.07) is 3.47. The smallest absolute Gasteiger partial charge is 0.271 e. The van der Waals surface area contributed by atoms with E-state index in [0.717, 1.165) is 6.20 Å². The molecule has 0 amide bonds. The first-order valence-electron chi connectivity index (χ1n) is 5.57. The molecule has 0 aliphatic carbocycles. The lowest BCUT2D eigenvalue weighted by Crippen LogP contribution is -2.28. The molecule has 108 valence electrons. The van der Waals surface area contributed by atoms with Gasteiger partial charge in [-0.3, -0.25) is 5.84 Å². The van der Waals surface area contributed by atoms with Crippen molar-refractivity contribution >= 4 is 11.3 Å². The average molecular weight is 305 g/mol. The van der Waals surface area contributed by atoms with Crippen LogP contribution in [-0.2, 0) is 6.18 Å². The van der Waals surface area contributed by atoms with Gasteiger partial charge in [0.2, 0.25) is 0 Å². The number of nitrogens with one attached hydrogen (secondary N) is 1. The van der Waals surface area contributed by atoms with Crippen LogP contribution in [0.1, 0.15) is 27.1 Å². The predicted octanol–water partition coefficient (Wildman–Crippen LogP) is 3.16. The number of aryl methyl sites for hydroxylation is 1. The molecular weight excluding hydrogens is 294 g/mol. The highest BCUT2D eigenvalue weighted by atomic mass is 32.1. The summed E-state index contributed by atoms with van der Waals surface area (Å²) in [7, 11) is 0. The van der Waals surface area contributed by atoms with Gasteiger partial charge in [-0.05, 0) is 30.2 Å². The van der Waals surface area contributed by atoms with Crippen LogP contribution in [0, 0.1) is 12.7 Å². The van der Waals surface area contributed by atoms with Crippen LogP contribution in [0.4, 0.5) is 17.6 Å². The number of nitrogens with zero attached hydrogens (tertiary/aromatic N) is 1. The fraction of sp³-hybridized carbons (Fsp3) is 0.250. The van der Waals surface area contributed by atoms with Crippen molar-refractivity contribution in [3.05, 3.63) is 51.2 Å². The summed E-state index contributed by atoms with van der Waals surface area (Å²) in [4.78, 5) is 3.60. The van der Waals surface area contributed by atoms with Gasteiger partial charge in [-0.15, -0.1) is 11.3 Å². The SMILES string of the molecule is Cc1cc(F)cc(C(NN)c2cnc(C(F)(F)F)s2)c1. The summed E-state index contributed by atoms with van der Waals surface area (Å²) in [6.45, 7) is 1.69. The van der Waals surface area contributed by atoms with Crippen LogP contribution >= 0.6 is 11.3 Å². The third kappa shape index (κ3) is 3.14. The molecule has 1 unspecified atom stereocenters. The van der Waals surface area contributed by atoms with E-state index in [1.54, 1.807) is 13.0 Å². The van der Waals surface area contributed by atoms with Crippen molar-refractivity contribution in [2.75, 3.05) is 0 Å². The summed E-state index contributed by atoms with van der Waals surface area (Å²) in [5.41, 5.74) is 3.49. The Bertz CT molecular complexity index is 589. The third-order valence-corrected chi connectivity index (χ3v) is 3.72. The van der Waals surface area contributed by atoms with Gasteiger partial charge in [0.15, 0.2) is 5.01 Å². The molecule has 0 radical (unpaired) electrons. The molecular formula is C12H11F4N3S. The van der Waals surface area contributed by atoms with Crippen molar-refractivity contribution in [2.45, 2.75) is 19.1 Å². The minimum absolute atomic E-state index is 0.268. The highest BCUT2D eigenvalue weighted by molar-refractivity contribution is 7.11. The number of hydrogen-bond donors (Lipinski definition) is 2. The number of rotatable bonds is 3. The van der Waals surface area contributed by atoms with Gasteiger partial charge < -0.3 is 0 Å². The molecule has 3 nitrogen and oxygen atoms in total. The molecule has 20 heavy (non-hydrogen) atoms. The van der Waals surface area contributed by atoms with Crippen LogP contribution in [-0.4, -0.2) is 4.98 Å². The van der Waals surface area contributed by atoms with Crippen molar-refractivity contribution in [1.29, 1.82) is 0 Å². The number of hydrogen-bond acceptors (Lipinski definition) is 4. The van der Waals surface area contributed by atoms with Crippen LogP contribution < -0.4 is 11.3 Å². The van der Waals surface area contributed by atoms with E-state index in [2.05, 4.69) is 10.4 Å². The number of benzene rings is 1. The quantitative estimate of drug-likeness (QED) is 0.520. The summed E-state index contributed by atoms with van der Waals surface area (Å²) in [5.74, 6) is 4.91. The Balaban J connectivity index is 2.39. The second-order valence-electron chi connectivity index (χ2n) is 4.23. The van der Waals surface area contributed by atoms with E-state index in [4.69, 9.17) is 5.84 Å². The number of hydrazine groups is 1. The lowest BCUT2D eigenvalue weighted by atomic mass is 10.0. The highest BCUT2D eigenvalue weighted by Crippen LogP contribution is 2.35. The summed E-state index contributed by atoms with van der Waals surface area (Å²) in [6.07, 6.45) is -3.40. The monoisotopic (exact) mass is 305 g/mol. The minimum Gasteiger partial charge on any atom is -0.271 e. The van der Waals surface area contributed by atoms with Gasteiger partial charge in [-0.25, -0.2) is 14.8 Å². The summed E-state index contributed by atoms with van der Waals surface area (Å²) >= 11 is 0.478. The molecule has 0 aliphatic rings. The van der Waals surface area contributed by atoms with Crippen LogP contribution in [0.5, 0.6) is 0 Å². The Labute approximate surface area is 116 Å². The average Bonchev–Trinajstić information content (AvgIpc) is 2.77. The van der Waals surface area contributed by atoms with Crippen molar-refractivity contribution in [3.63, 3.8) is 0 Å². The topological polar surface area (TPSA) is 50.9 Å². The van der Waals surface area contributed by atoms with E-state index in [1.165, 1.54) is 12.1 Å². The largest absolute Gasteiger partial charge is 0.443 e. The van der Waals surface area contributed by atoms with E-state index in [0.29, 0.717) is 22.5 Å². The fourth-order valence-electron chi connectivity index (χ4n) is 1.82. The van der Waals surface area contributed by atoms with E-state index in [1.807, 2.05) is 0 Å². The molecule has 0 spiro atoms. The maximum atomic E-state index is 13.4. The fourth-order valence-corrected chi connectivity index (χ4v) is 2.70. The second kappa shape index (κ2) is 5.47. The standard InChI is InChI=1S/C12H11F4N3S/c1-6-2-7(4-8(13)3-6)10(19-17)9-5-18-11(20-9)12(14,15)16/h2-5,10,19H,17H2,1H3. The van der Waals surface area contributed by atoms with Crippen LogP contribution in [0.25, 0.3) is 0 Å². The zero-order valence-electron chi connectivity index (χ0n) is 10.3. The Kier molecular flexibility index (Phi) is 4.07. The molecule has 8 heteroatoms. The zero-order valence-corrected chi connectivity index (χ0v) is 11.1. The Hall–Kier alpha value is -1.51. The van der Waals surface area contributed by atoms with Crippen molar-refractivity contribution < 1.29 is 17.6 Å². The lowest BCUT2D eigenvalue weighted by molar-refractivity contribution is -0.137. The third-order valence-electron chi connectivity index (χ3n) is 2.62. The first-order chi connectivity index (χ1) is 9.31. The predicted molar refractivity (Wildman–Crippen MR) is 67.4 cm³/mol. The molecule has 1 aromatic carbocycles. The van der Waals surface area contributed by atoms with Gasteiger partial charge >= 0.3 is 6.18 Å². The zero-order chi connectivity index (χ0) is 14.9. The molecule has 0 saturated heterocycles. The number of thiazole rings is 1. The summed E-state index contributed by atoms with van der Waals surface area (Å²) < 4.78 is 51.0. The molecule has 0 bridgehead atoms. The molecule has 1 atom stereocenters. The van der Waals surface area contributed by atoms with E-state index < -0.39 is 23.0 Å². The van der Waals surface area contributed by atoms with Crippen LogP contribution in [0.2, 0.25) is 0 Å². The van der Waals surface area contributed by atoms with Gasteiger partial charge in [0, 0.05) is 11.1 Å². The first-order valence-corrected chi connectivity index (χ1v) is 6.39. The second-order valence-corrected chi connectivity index (χ2v) is 5.29. The maximum Gasteiger partial charge on any atom is 0.443 e. The molecule has 0 saturated carbocycles. The van der Waals surface area contributed by atoms with Crippen molar-refractivity contribution in [2.24, 2.45) is 5.84 Å². The Morgan fingerprint density at radius 2 is 2.00 bits per heavy atom. The lowest BCUT2D eigenvalue weighted by Gasteiger charge is -2.15. The van der Waals surface area contributed by atoms with Gasteiger partial charge in [0.25, 0.3) is 0 Å². The molecule has 0 fully saturated rings. The summed E-state index contributed by atoms with van der Waals surface area (Å²) in [5, 5.41) is -0.958. The van der Waals surface area contributed by atoms with Gasteiger partial charge in [0.05, 0.1) is 6.04 Å². The molecule has 2 aromatic rings. The first kappa shape index (κ1) is 14.9. The van der Waals surface area contributed by atoms with Gasteiger partial charge in [0.1, 0.15) is 5.82 Å². The number of halogens is 4. The number of nitrogens with two attached hydrogens (primary N) is 1. The van der Waals surface area contributed by atoms with Gasteiger partial charge in [-0.2, -0.15) is 13.2 Å². The molecule has 0 aliphatic heterocycles. The molecule has 3 N–H and O–H groups in total. The highest BCUT2D eigenvalue weighted by Gasteiger charge is 2.35. The number of alkyl halides is 3. The minimum atomic E-state index is -4.50. The van der Waals surface area contributed by atoms with Crippen LogP contribution in [0.15, 0.2) is 24.4 Å². The molecule has 1 heterocycles. The van der Waals surface area contributed by atoms with E-state index in [9.17, 15) is 17.6 Å². The normalized spacial score (nSPS) is 13.5. The molecule has 1 aromatic heterocycles. The maximum absolute atomic E-state index is 13.4. The van der Waals surface area contributed by atoms with Crippen molar-refractivity contribution in [3.8, 4) is 0 Å². The van der Waals surface area contributed by atoms with Gasteiger partial charge in [-0.1, -0.05) is 6.07 Å². The van der Waals surface area contributed by atoms with E-state index >= 15 is 0 Å². The Morgan fingerprint density at radius 3 is 2.50 bits per heavy atom. The van der Waals surface area contributed by atoms with Crippen molar-refractivity contribution in [1.82, 2.24) is 10.4 Å². The van der Waals surface area contributed by atoms with E-state index in [-0.39, 0.29) is 4.88 Å². The molecule has 2 rings (SSSR count). The van der Waals surface area contributed by atoms with Crippen LogP contribution in [0.3, 0.4) is 0 Å². The Morgan fingerprint density at radius 1 is 1.30 bits per heavy atom.